The van der Waals surface area contributed by atoms with E-state index in [2.05, 4.69) is 11.1 Å². The van der Waals surface area contributed by atoms with Crippen LogP contribution >= 0.6 is 0 Å². The Morgan fingerprint density at radius 1 is 1.27 bits per heavy atom. The number of rotatable bonds is 7. The Bertz CT molecular complexity index is 282. The molecular formula is C9H15NaO4S. The number of hydrogen-bond acceptors (Lipinski definition) is 4. The molecule has 6 heteroatoms. The molecule has 0 amide bonds. The second kappa shape index (κ2) is 10.7. The van der Waals surface area contributed by atoms with Crippen molar-refractivity contribution in [1.29, 1.82) is 0 Å². The molecule has 0 aliphatic heterocycles. The molecule has 15 heavy (non-hydrogen) atoms. The molecule has 0 rings (SSSR count). The average Bonchev–Trinajstić information content (AvgIpc) is 2.08. The zero-order valence-corrected chi connectivity index (χ0v) is 12.0. The van der Waals surface area contributed by atoms with Crippen LogP contribution < -0.4 is 29.6 Å². The minimum Gasteiger partial charge on any atom is -0.716 e. The second-order valence-corrected chi connectivity index (χ2v) is 3.77. The number of unbranched alkanes of at least 4 members (excludes halogenated alkanes) is 3. The van der Waals surface area contributed by atoms with Gasteiger partial charge in [-0.3, -0.25) is 0 Å². The third-order valence-corrected chi connectivity index (χ3v) is 1.82. The summed E-state index contributed by atoms with van der Waals surface area (Å²) in [7, 11) is -4.60. The fourth-order valence-corrected chi connectivity index (χ4v) is 1.03. The Kier molecular flexibility index (Phi) is 12.5. The van der Waals surface area contributed by atoms with Crippen LogP contribution in [0.25, 0.3) is 0 Å². The third-order valence-electron chi connectivity index (χ3n) is 1.47. The van der Waals surface area contributed by atoms with Crippen LogP contribution in [-0.2, 0) is 14.6 Å². The van der Waals surface area contributed by atoms with E-state index in [-0.39, 0.29) is 29.6 Å². The standard InChI is InChI=1S/C9H16O4S.Na/c1-2-3-4-5-6-7-8-9-13-14(10,11)12;/h6-9H,2-5H2,1H3,(H,10,11,12);/q;+1/p-1. The second-order valence-electron chi connectivity index (χ2n) is 2.76. The summed E-state index contributed by atoms with van der Waals surface area (Å²) in [6, 6.07) is 0. The maximum absolute atomic E-state index is 9.95. The zero-order valence-electron chi connectivity index (χ0n) is 9.18. The SMILES string of the molecule is CCCCCC=CC=COS(=O)(=O)[O-].[Na+]. The summed E-state index contributed by atoms with van der Waals surface area (Å²) in [5.74, 6) is 0. The fraction of sp³-hybridized carbons (Fsp3) is 0.556. The molecule has 0 N–H and O–H groups in total. The van der Waals surface area contributed by atoms with Gasteiger partial charge >= 0.3 is 29.6 Å². The van der Waals surface area contributed by atoms with Gasteiger partial charge < -0.3 is 8.74 Å². The molecule has 0 unspecified atom stereocenters. The van der Waals surface area contributed by atoms with E-state index in [1.165, 1.54) is 18.9 Å². The van der Waals surface area contributed by atoms with Gasteiger partial charge in [0.05, 0.1) is 0 Å². The van der Waals surface area contributed by atoms with Gasteiger partial charge in [-0.25, -0.2) is 8.42 Å². The first-order valence-corrected chi connectivity index (χ1v) is 5.85. The van der Waals surface area contributed by atoms with Gasteiger partial charge in [0.15, 0.2) is 0 Å². The van der Waals surface area contributed by atoms with Crippen LogP contribution in [0.15, 0.2) is 24.5 Å². The van der Waals surface area contributed by atoms with Gasteiger partial charge in [-0.1, -0.05) is 31.9 Å². The quantitative estimate of drug-likeness (QED) is 0.145. The summed E-state index contributed by atoms with van der Waals surface area (Å²) < 4.78 is 33.7. The van der Waals surface area contributed by atoms with Crippen molar-refractivity contribution in [2.45, 2.75) is 32.6 Å². The minimum absolute atomic E-state index is 0. The topological polar surface area (TPSA) is 66.4 Å². The summed E-state index contributed by atoms with van der Waals surface area (Å²) in [4.78, 5) is 0. The van der Waals surface area contributed by atoms with Crippen molar-refractivity contribution in [1.82, 2.24) is 0 Å². The van der Waals surface area contributed by atoms with Crippen molar-refractivity contribution in [2.24, 2.45) is 0 Å². The minimum atomic E-state index is -4.60. The molecule has 0 aromatic rings. The first-order chi connectivity index (χ1) is 6.56. The molecule has 0 bridgehead atoms. The van der Waals surface area contributed by atoms with Crippen molar-refractivity contribution in [2.75, 3.05) is 0 Å². The van der Waals surface area contributed by atoms with Crippen LogP contribution in [0.5, 0.6) is 0 Å². The third kappa shape index (κ3) is 16.8. The molecule has 4 nitrogen and oxygen atoms in total. The van der Waals surface area contributed by atoms with Gasteiger partial charge in [0.25, 0.3) is 10.4 Å². The molecule has 0 saturated carbocycles. The Morgan fingerprint density at radius 2 is 1.93 bits per heavy atom. The Labute approximate surface area is 114 Å². The van der Waals surface area contributed by atoms with Crippen LogP contribution in [0.4, 0.5) is 0 Å². The molecule has 0 aliphatic carbocycles. The summed E-state index contributed by atoms with van der Waals surface area (Å²) in [5.41, 5.74) is 0. The maximum Gasteiger partial charge on any atom is 1.00 e. The molecular weight excluding hydrogens is 227 g/mol. The molecule has 0 fully saturated rings. The predicted octanol–water partition coefficient (Wildman–Crippen LogP) is -0.883. The zero-order chi connectivity index (χ0) is 10.9. The molecule has 0 aromatic carbocycles. The van der Waals surface area contributed by atoms with Crippen molar-refractivity contribution in [3.05, 3.63) is 24.5 Å². The van der Waals surface area contributed by atoms with E-state index in [1.807, 2.05) is 6.08 Å². The molecule has 0 heterocycles. The van der Waals surface area contributed by atoms with Crippen LogP contribution in [0.1, 0.15) is 32.6 Å². The summed E-state index contributed by atoms with van der Waals surface area (Å²) in [6.45, 7) is 2.12. The van der Waals surface area contributed by atoms with E-state index in [0.717, 1.165) is 19.1 Å². The summed E-state index contributed by atoms with van der Waals surface area (Å²) in [5, 5.41) is 0. The van der Waals surface area contributed by atoms with Gasteiger partial charge in [-0.2, -0.15) is 0 Å². The van der Waals surface area contributed by atoms with E-state index < -0.39 is 10.4 Å². The number of hydrogen-bond donors (Lipinski definition) is 0. The van der Waals surface area contributed by atoms with Crippen molar-refractivity contribution in [3.63, 3.8) is 0 Å². The van der Waals surface area contributed by atoms with Crippen molar-refractivity contribution >= 4 is 10.4 Å². The van der Waals surface area contributed by atoms with Gasteiger partial charge in [-0.05, 0) is 18.9 Å². The van der Waals surface area contributed by atoms with Gasteiger partial charge in [0.2, 0.25) is 0 Å². The predicted molar refractivity (Wildman–Crippen MR) is 53.2 cm³/mol. The first-order valence-electron chi connectivity index (χ1n) is 4.52. The largest absolute Gasteiger partial charge is 1.00 e. The Morgan fingerprint density at radius 3 is 2.47 bits per heavy atom. The van der Waals surface area contributed by atoms with Crippen LogP contribution in [0, 0.1) is 0 Å². The maximum atomic E-state index is 9.95. The van der Waals surface area contributed by atoms with Gasteiger partial charge in [0.1, 0.15) is 6.26 Å². The van der Waals surface area contributed by atoms with Crippen LogP contribution in [0.3, 0.4) is 0 Å². The van der Waals surface area contributed by atoms with E-state index in [4.69, 9.17) is 0 Å². The van der Waals surface area contributed by atoms with Gasteiger partial charge in [0, 0.05) is 0 Å². The summed E-state index contributed by atoms with van der Waals surface area (Å²) in [6.07, 6.45) is 10.2. The van der Waals surface area contributed by atoms with E-state index in [9.17, 15) is 13.0 Å². The van der Waals surface area contributed by atoms with E-state index in [0.29, 0.717) is 0 Å². The fourth-order valence-electron chi connectivity index (χ4n) is 0.832. The van der Waals surface area contributed by atoms with Crippen LogP contribution in [0.2, 0.25) is 0 Å². The monoisotopic (exact) mass is 242 g/mol. The Hall–Kier alpha value is 0.190. The normalized spacial score (nSPS) is 11.9. The van der Waals surface area contributed by atoms with E-state index >= 15 is 0 Å². The van der Waals surface area contributed by atoms with Crippen LogP contribution in [-0.4, -0.2) is 13.0 Å². The smallest absolute Gasteiger partial charge is 0.716 e. The van der Waals surface area contributed by atoms with E-state index in [1.54, 1.807) is 6.08 Å². The molecule has 0 spiro atoms. The molecule has 82 valence electrons. The van der Waals surface area contributed by atoms with Crippen molar-refractivity contribution < 1.29 is 46.7 Å². The molecule has 0 radical (unpaired) electrons. The van der Waals surface area contributed by atoms with Crippen molar-refractivity contribution in [3.8, 4) is 0 Å². The van der Waals surface area contributed by atoms with Gasteiger partial charge in [-0.15, -0.1) is 0 Å². The molecule has 0 saturated heterocycles. The molecule has 0 aromatic heterocycles. The molecule has 0 atom stereocenters. The number of allylic oxidation sites excluding steroid dienone is 3. The first kappa shape index (κ1) is 17.6. The summed E-state index contributed by atoms with van der Waals surface area (Å²) >= 11 is 0. The molecule has 0 aliphatic rings. The average molecular weight is 242 g/mol. The Balaban J connectivity index is 0.